The summed E-state index contributed by atoms with van der Waals surface area (Å²) in [6, 6.07) is -0.971. The van der Waals surface area contributed by atoms with E-state index in [1.54, 1.807) is 6.08 Å². The molecular formula is C69H127NO18. The number of amides is 1. The lowest BCUT2D eigenvalue weighted by Gasteiger charge is -2.48. The van der Waals surface area contributed by atoms with Gasteiger partial charge in [0.2, 0.25) is 5.91 Å². The molecule has 0 spiro atoms. The molecule has 3 saturated heterocycles. The molecule has 88 heavy (non-hydrogen) atoms. The van der Waals surface area contributed by atoms with Crippen molar-refractivity contribution in [3.63, 3.8) is 0 Å². The molecule has 19 heteroatoms. The molecule has 3 aliphatic rings. The first-order chi connectivity index (χ1) is 42.8. The zero-order valence-corrected chi connectivity index (χ0v) is 54.5. The summed E-state index contributed by atoms with van der Waals surface area (Å²) in [5.74, 6) is -0.273. The van der Waals surface area contributed by atoms with E-state index >= 15 is 0 Å². The quantitative estimate of drug-likeness (QED) is 0.0199. The van der Waals surface area contributed by atoms with E-state index in [4.69, 9.17) is 28.4 Å². The lowest BCUT2D eigenvalue weighted by Crippen LogP contribution is -2.66. The summed E-state index contributed by atoms with van der Waals surface area (Å²) >= 11 is 0. The number of ether oxygens (including phenoxy) is 6. The van der Waals surface area contributed by atoms with E-state index in [-0.39, 0.29) is 18.9 Å². The van der Waals surface area contributed by atoms with Gasteiger partial charge in [-0.15, -0.1) is 0 Å². The second kappa shape index (κ2) is 51.4. The fraction of sp³-hybridized carbons (Fsp3) is 0.899. The Balaban J connectivity index is 1.39. The van der Waals surface area contributed by atoms with Crippen LogP contribution in [0.15, 0.2) is 36.5 Å². The molecule has 0 aliphatic carbocycles. The van der Waals surface area contributed by atoms with Crippen molar-refractivity contribution in [2.45, 2.75) is 369 Å². The molecule has 17 atom stereocenters. The van der Waals surface area contributed by atoms with Crippen molar-refractivity contribution in [3.05, 3.63) is 36.5 Å². The second-order valence-electron chi connectivity index (χ2n) is 25.3. The molecule has 0 bridgehead atoms. The Labute approximate surface area is 530 Å². The van der Waals surface area contributed by atoms with E-state index in [0.29, 0.717) is 6.42 Å². The lowest BCUT2D eigenvalue weighted by molar-refractivity contribution is -0.379. The van der Waals surface area contributed by atoms with Gasteiger partial charge in [-0.05, 0) is 51.4 Å². The monoisotopic (exact) mass is 1260 g/mol. The molecule has 0 aromatic rings. The molecule has 3 aliphatic heterocycles. The average Bonchev–Trinajstić information content (AvgIpc) is 2.57. The van der Waals surface area contributed by atoms with Crippen molar-refractivity contribution in [1.29, 1.82) is 0 Å². The highest BCUT2D eigenvalue weighted by Crippen LogP contribution is 2.33. The standard InChI is InChI=1S/C69H127NO18/c1-3-5-7-9-11-13-15-17-19-20-21-22-23-24-25-26-27-28-29-30-31-32-33-35-37-39-41-43-45-47-57(75)70-52(53(74)46-44-42-40-38-36-34-18-16-14-12-10-8-6-4-2)51-83-67-63(81)60(78)65(55(49-72)85-67)88-69-64(82)61(79)66(56(50-73)86-69)87-68-62(80)59(77)58(76)54(48-71)84-68/h15,17,20-21,44,46,52-56,58-69,71-74,76-82H,3-14,16,18-19,22-43,45,47-51H2,1-2H3,(H,70,75)/b17-15-,21-20-,46-44+. The number of unbranched alkanes of at least 4 members (excludes halogenated alkanes) is 34. The van der Waals surface area contributed by atoms with Gasteiger partial charge in [-0.1, -0.05) is 243 Å². The molecule has 0 aromatic heterocycles. The van der Waals surface area contributed by atoms with Crippen molar-refractivity contribution < 1.29 is 89.4 Å². The third-order valence-corrected chi connectivity index (χ3v) is 17.7. The van der Waals surface area contributed by atoms with E-state index in [0.717, 1.165) is 51.4 Å². The van der Waals surface area contributed by atoms with E-state index < -0.39 is 124 Å². The summed E-state index contributed by atoms with van der Waals surface area (Å²) < 4.78 is 34.3. The number of carbonyl (C=O) groups excluding carboxylic acids is 1. The van der Waals surface area contributed by atoms with Crippen LogP contribution >= 0.6 is 0 Å². The molecule has 1 amide bonds. The van der Waals surface area contributed by atoms with Crippen LogP contribution in [0, 0.1) is 0 Å². The molecule has 516 valence electrons. The molecule has 3 heterocycles. The minimum Gasteiger partial charge on any atom is -0.394 e. The van der Waals surface area contributed by atoms with E-state index in [2.05, 4.69) is 43.5 Å². The molecule has 0 saturated carbocycles. The first-order valence-electron chi connectivity index (χ1n) is 35.2. The van der Waals surface area contributed by atoms with Gasteiger partial charge in [0.15, 0.2) is 18.9 Å². The van der Waals surface area contributed by atoms with Gasteiger partial charge in [-0.3, -0.25) is 4.79 Å². The van der Waals surface area contributed by atoms with Gasteiger partial charge in [0, 0.05) is 6.42 Å². The summed E-state index contributed by atoms with van der Waals surface area (Å²) in [5.41, 5.74) is 0. The van der Waals surface area contributed by atoms with Gasteiger partial charge >= 0.3 is 0 Å². The zero-order valence-electron chi connectivity index (χ0n) is 54.5. The van der Waals surface area contributed by atoms with E-state index in [1.165, 1.54) is 186 Å². The fourth-order valence-corrected chi connectivity index (χ4v) is 11.9. The number of aliphatic hydroxyl groups excluding tert-OH is 11. The fourth-order valence-electron chi connectivity index (χ4n) is 11.9. The normalized spacial score (nSPS) is 28.6. The van der Waals surface area contributed by atoms with Crippen LogP contribution in [0.5, 0.6) is 0 Å². The van der Waals surface area contributed by atoms with Gasteiger partial charge in [0.05, 0.1) is 38.6 Å². The highest BCUT2D eigenvalue weighted by Gasteiger charge is 2.53. The van der Waals surface area contributed by atoms with Gasteiger partial charge in [0.25, 0.3) is 0 Å². The average molecular weight is 1260 g/mol. The van der Waals surface area contributed by atoms with Crippen LogP contribution in [0.4, 0.5) is 0 Å². The maximum atomic E-state index is 13.4. The van der Waals surface area contributed by atoms with Crippen molar-refractivity contribution in [2.75, 3.05) is 26.4 Å². The Morgan fingerprint density at radius 1 is 0.409 bits per heavy atom. The number of nitrogens with one attached hydrogen (secondary N) is 1. The first-order valence-corrected chi connectivity index (χ1v) is 35.2. The Bertz CT molecular complexity index is 1740. The Hall–Kier alpha value is -1.99. The van der Waals surface area contributed by atoms with Crippen molar-refractivity contribution in [2.24, 2.45) is 0 Å². The number of hydrogen-bond donors (Lipinski definition) is 12. The largest absolute Gasteiger partial charge is 0.394 e. The topological polar surface area (TPSA) is 307 Å². The van der Waals surface area contributed by atoms with E-state index in [1.807, 2.05) is 6.08 Å². The molecule has 0 radical (unpaired) electrons. The van der Waals surface area contributed by atoms with Crippen LogP contribution in [0.3, 0.4) is 0 Å². The third kappa shape index (κ3) is 33.2. The highest BCUT2D eigenvalue weighted by atomic mass is 16.8. The molecule has 19 nitrogen and oxygen atoms in total. The Morgan fingerprint density at radius 3 is 1.16 bits per heavy atom. The Morgan fingerprint density at radius 2 is 0.750 bits per heavy atom. The summed E-state index contributed by atoms with van der Waals surface area (Å²) in [4.78, 5) is 13.4. The summed E-state index contributed by atoms with van der Waals surface area (Å²) in [6.45, 7) is 1.73. The number of rotatable bonds is 54. The van der Waals surface area contributed by atoms with Crippen LogP contribution in [0.25, 0.3) is 0 Å². The zero-order chi connectivity index (χ0) is 64.0. The van der Waals surface area contributed by atoms with Crippen molar-refractivity contribution in [1.82, 2.24) is 5.32 Å². The predicted octanol–water partition coefficient (Wildman–Crippen LogP) is 9.22. The van der Waals surface area contributed by atoms with Gasteiger partial charge < -0.3 is 89.9 Å². The molecule has 3 fully saturated rings. The summed E-state index contributed by atoms with van der Waals surface area (Å²) in [7, 11) is 0. The summed E-state index contributed by atoms with van der Waals surface area (Å²) in [6.07, 6.45) is 32.7. The molecule has 0 aromatic carbocycles. The lowest BCUT2D eigenvalue weighted by atomic mass is 9.96. The smallest absolute Gasteiger partial charge is 0.220 e. The van der Waals surface area contributed by atoms with Crippen LogP contribution in [-0.2, 0) is 33.2 Å². The van der Waals surface area contributed by atoms with Crippen LogP contribution in [0.1, 0.15) is 264 Å². The summed E-state index contributed by atoms with van der Waals surface area (Å²) in [5, 5.41) is 120. The maximum absolute atomic E-state index is 13.4. The second-order valence-corrected chi connectivity index (χ2v) is 25.3. The van der Waals surface area contributed by atoms with Crippen LogP contribution < -0.4 is 5.32 Å². The van der Waals surface area contributed by atoms with E-state index in [9.17, 15) is 61.0 Å². The predicted molar refractivity (Wildman–Crippen MR) is 342 cm³/mol. The molecule has 3 rings (SSSR count). The highest BCUT2D eigenvalue weighted by molar-refractivity contribution is 5.76. The number of hydrogen-bond acceptors (Lipinski definition) is 18. The number of allylic oxidation sites excluding steroid dienone is 5. The van der Waals surface area contributed by atoms with Gasteiger partial charge in [-0.25, -0.2) is 0 Å². The van der Waals surface area contributed by atoms with Crippen molar-refractivity contribution in [3.8, 4) is 0 Å². The van der Waals surface area contributed by atoms with Crippen LogP contribution in [-0.4, -0.2) is 193 Å². The van der Waals surface area contributed by atoms with Gasteiger partial charge in [-0.2, -0.15) is 0 Å². The molecular weight excluding hydrogens is 1130 g/mol. The number of aliphatic hydroxyl groups is 11. The first kappa shape index (κ1) is 80.2. The molecule has 12 N–H and O–H groups in total. The minimum absolute atomic E-state index is 0.245. The molecule has 17 unspecified atom stereocenters. The van der Waals surface area contributed by atoms with Gasteiger partial charge in [0.1, 0.15) is 73.2 Å². The van der Waals surface area contributed by atoms with Crippen molar-refractivity contribution >= 4 is 5.91 Å². The minimum atomic E-state index is -1.98. The number of carbonyl (C=O) groups is 1. The SMILES string of the molecule is CCCCCCC/C=C\C/C=C\CCCCCCCCCCCCCCCCCCCC(=O)NC(COC1OC(CO)C(OC2OC(CO)C(OC3OC(CO)C(O)C(O)C3O)C(O)C2O)C(O)C1O)C(O)/C=C/CCCCCCCCCCCCCC. The maximum Gasteiger partial charge on any atom is 0.220 e. The van der Waals surface area contributed by atoms with Crippen LogP contribution in [0.2, 0.25) is 0 Å². The third-order valence-electron chi connectivity index (χ3n) is 17.7. The Kier molecular flexibility index (Phi) is 46.9.